The van der Waals surface area contributed by atoms with E-state index in [1.54, 1.807) is 11.8 Å². The van der Waals surface area contributed by atoms with Crippen LogP contribution in [0.5, 0.6) is 0 Å². The number of nitrogens with zero attached hydrogens (tertiary/aromatic N) is 2. The fourth-order valence-corrected chi connectivity index (χ4v) is 4.16. The van der Waals surface area contributed by atoms with Crippen molar-refractivity contribution in [1.82, 2.24) is 4.90 Å². The summed E-state index contributed by atoms with van der Waals surface area (Å²) >= 11 is 1.67. The van der Waals surface area contributed by atoms with Crippen LogP contribution in [0.25, 0.3) is 0 Å². The molecule has 172 valence electrons. The van der Waals surface area contributed by atoms with E-state index in [-0.39, 0.29) is 24.6 Å². The number of amidine groups is 1. The minimum absolute atomic E-state index is 0.0403. The SMILES string of the molecule is CC=CC=C(C)N(C)C(=NCC)SCC1CC(CC(=O)OC(C)(C)C)OC(C)(C)O1. The van der Waals surface area contributed by atoms with Crippen molar-refractivity contribution in [2.75, 3.05) is 19.3 Å². The number of aliphatic imine (C=N–C) groups is 1. The maximum Gasteiger partial charge on any atom is 0.308 e. The lowest BCUT2D eigenvalue weighted by Crippen LogP contribution is -2.46. The summed E-state index contributed by atoms with van der Waals surface area (Å²) in [7, 11) is 2.02. The Morgan fingerprint density at radius 1 is 1.30 bits per heavy atom. The monoisotopic (exact) mass is 440 g/mol. The summed E-state index contributed by atoms with van der Waals surface area (Å²) in [5.74, 6) is -0.252. The number of ether oxygens (including phenoxy) is 3. The molecule has 1 saturated heterocycles. The van der Waals surface area contributed by atoms with Crippen LogP contribution < -0.4 is 0 Å². The maximum absolute atomic E-state index is 12.3. The van der Waals surface area contributed by atoms with Crippen LogP contribution in [0.2, 0.25) is 0 Å². The number of carbonyl (C=O) groups is 1. The number of esters is 1. The molecule has 0 aromatic heterocycles. The summed E-state index contributed by atoms with van der Waals surface area (Å²) in [4.78, 5) is 19.0. The standard InChI is InChI=1S/C23H40N2O4S/c1-10-12-13-17(3)25(9)21(24-11-2)30-16-19-14-18(27-23(7,8)28-19)15-20(26)29-22(4,5)6/h10,12-13,18-19H,11,14-16H2,1-9H3. The number of rotatable bonds is 7. The second kappa shape index (κ2) is 11.9. The highest BCUT2D eigenvalue weighted by Gasteiger charge is 2.37. The molecule has 0 spiro atoms. The number of allylic oxidation sites excluding steroid dienone is 4. The Kier molecular flexibility index (Phi) is 10.6. The third kappa shape index (κ3) is 10.1. The number of hydrogen-bond acceptors (Lipinski definition) is 6. The molecule has 1 heterocycles. The Morgan fingerprint density at radius 3 is 2.50 bits per heavy atom. The molecule has 0 bridgehead atoms. The zero-order valence-electron chi connectivity index (χ0n) is 20.2. The van der Waals surface area contributed by atoms with Crippen LogP contribution in [0.3, 0.4) is 0 Å². The van der Waals surface area contributed by atoms with Crippen molar-refractivity contribution in [2.24, 2.45) is 4.99 Å². The molecule has 30 heavy (non-hydrogen) atoms. The van der Waals surface area contributed by atoms with Crippen molar-refractivity contribution in [3.05, 3.63) is 23.9 Å². The Balaban J connectivity index is 2.77. The predicted molar refractivity (Wildman–Crippen MR) is 126 cm³/mol. The Bertz CT molecular complexity index is 650. The maximum atomic E-state index is 12.3. The van der Waals surface area contributed by atoms with E-state index < -0.39 is 11.4 Å². The van der Waals surface area contributed by atoms with Crippen LogP contribution in [0.4, 0.5) is 0 Å². The summed E-state index contributed by atoms with van der Waals surface area (Å²) in [5, 5.41) is 0.951. The number of carbonyl (C=O) groups excluding carboxylic acids is 1. The van der Waals surface area contributed by atoms with Gasteiger partial charge < -0.3 is 19.1 Å². The highest BCUT2D eigenvalue weighted by atomic mass is 32.2. The van der Waals surface area contributed by atoms with E-state index in [1.807, 2.05) is 67.7 Å². The Hall–Kier alpha value is -1.31. The van der Waals surface area contributed by atoms with Gasteiger partial charge in [-0.3, -0.25) is 9.79 Å². The molecule has 0 amide bonds. The molecule has 1 fully saturated rings. The molecule has 7 heteroatoms. The highest BCUT2D eigenvalue weighted by molar-refractivity contribution is 8.13. The molecule has 2 atom stereocenters. The molecule has 0 radical (unpaired) electrons. The highest BCUT2D eigenvalue weighted by Crippen LogP contribution is 2.31. The van der Waals surface area contributed by atoms with Crippen molar-refractivity contribution < 1.29 is 19.0 Å². The molecule has 6 nitrogen and oxygen atoms in total. The molecular weight excluding hydrogens is 400 g/mol. The van der Waals surface area contributed by atoms with E-state index in [4.69, 9.17) is 14.2 Å². The number of hydrogen-bond donors (Lipinski definition) is 0. The van der Waals surface area contributed by atoms with Crippen LogP contribution in [0.1, 0.15) is 68.2 Å². The van der Waals surface area contributed by atoms with Gasteiger partial charge in [0, 0.05) is 31.5 Å². The third-order valence-corrected chi connectivity index (χ3v) is 5.48. The molecule has 0 aliphatic carbocycles. The average Bonchev–Trinajstić information content (AvgIpc) is 2.59. The first kappa shape index (κ1) is 26.7. The molecule has 0 aromatic carbocycles. The number of thioether (sulfide) groups is 1. The van der Waals surface area contributed by atoms with Gasteiger partial charge in [-0.1, -0.05) is 23.9 Å². The Morgan fingerprint density at radius 2 is 1.93 bits per heavy atom. The van der Waals surface area contributed by atoms with Gasteiger partial charge in [0.05, 0.1) is 18.6 Å². The first-order valence-corrected chi connectivity index (χ1v) is 11.6. The predicted octanol–water partition coefficient (Wildman–Crippen LogP) is 5.15. The van der Waals surface area contributed by atoms with E-state index in [2.05, 4.69) is 22.9 Å². The first-order chi connectivity index (χ1) is 13.9. The third-order valence-electron chi connectivity index (χ3n) is 4.28. The van der Waals surface area contributed by atoms with Gasteiger partial charge in [-0.2, -0.15) is 0 Å². The lowest BCUT2D eigenvalue weighted by molar-refractivity contribution is -0.295. The van der Waals surface area contributed by atoms with Gasteiger partial charge in [0.2, 0.25) is 0 Å². The van der Waals surface area contributed by atoms with Crippen LogP contribution in [-0.2, 0) is 19.0 Å². The zero-order valence-corrected chi connectivity index (χ0v) is 21.0. The molecule has 1 aliphatic rings. The molecule has 0 N–H and O–H groups in total. The van der Waals surface area contributed by atoms with Crippen molar-refractivity contribution in [3.63, 3.8) is 0 Å². The van der Waals surface area contributed by atoms with Gasteiger partial charge >= 0.3 is 5.97 Å². The van der Waals surface area contributed by atoms with E-state index in [0.29, 0.717) is 13.0 Å². The van der Waals surface area contributed by atoms with Gasteiger partial charge in [0.25, 0.3) is 0 Å². The van der Waals surface area contributed by atoms with Gasteiger partial charge in [-0.05, 0) is 61.5 Å². The smallest absolute Gasteiger partial charge is 0.308 e. The van der Waals surface area contributed by atoms with Gasteiger partial charge in [0.15, 0.2) is 11.0 Å². The molecular formula is C23H40N2O4S. The molecule has 1 aliphatic heterocycles. The van der Waals surface area contributed by atoms with E-state index in [0.717, 1.165) is 16.6 Å². The fourth-order valence-electron chi connectivity index (χ4n) is 3.07. The lowest BCUT2D eigenvalue weighted by Gasteiger charge is -2.40. The fraction of sp³-hybridized carbons (Fsp3) is 0.739. The van der Waals surface area contributed by atoms with Crippen LogP contribution in [-0.4, -0.2) is 59.0 Å². The van der Waals surface area contributed by atoms with Crippen molar-refractivity contribution >= 4 is 22.9 Å². The molecule has 2 unspecified atom stereocenters. The summed E-state index contributed by atoms with van der Waals surface area (Å²) in [6, 6.07) is 0. The lowest BCUT2D eigenvalue weighted by atomic mass is 10.1. The average molecular weight is 441 g/mol. The minimum Gasteiger partial charge on any atom is -0.460 e. The largest absolute Gasteiger partial charge is 0.460 e. The van der Waals surface area contributed by atoms with Crippen molar-refractivity contribution in [3.8, 4) is 0 Å². The normalized spacial score (nSPS) is 23.0. The van der Waals surface area contributed by atoms with Gasteiger partial charge in [0.1, 0.15) is 5.60 Å². The van der Waals surface area contributed by atoms with Crippen LogP contribution in [0.15, 0.2) is 28.9 Å². The Labute approximate surface area is 187 Å². The molecule has 0 aromatic rings. The van der Waals surface area contributed by atoms with E-state index in [1.165, 1.54) is 0 Å². The van der Waals surface area contributed by atoms with E-state index >= 15 is 0 Å². The molecule has 1 rings (SSSR count). The summed E-state index contributed by atoms with van der Waals surface area (Å²) < 4.78 is 17.6. The summed E-state index contributed by atoms with van der Waals surface area (Å²) in [6.07, 6.45) is 6.70. The zero-order chi connectivity index (χ0) is 22.9. The van der Waals surface area contributed by atoms with Crippen molar-refractivity contribution in [2.45, 2.75) is 91.8 Å². The van der Waals surface area contributed by atoms with Crippen molar-refractivity contribution in [1.29, 1.82) is 0 Å². The minimum atomic E-state index is -0.744. The topological polar surface area (TPSA) is 60.4 Å². The second-order valence-corrected chi connectivity index (χ2v) is 9.85. The van der Waals surface area contributed by atoms with Gasteiger partial charge in [-0.25, -0.2) is 0 Å². The quantitative estimate of drug-likeness (QED) is 0.236. The van der Waals surface area contributed by atoms with Gasteiger partial charge in [-0.15, -0.1) is 0 Å². The molecule has 0 saturated carbocycles. The summed E-state index contributed by atoms with van der Waals surface area (Å²) in [5.41, 5.74) is 0.616. The van der Waals surface area contributed by atoms with Crippen LogP contribution in [0, 0.1) is 0 Å². The first-order valence-electron chi connectivity index (χ1n) is 10.6. The van der Waals surface area contributed by atoms with E-state index in [9.17, 15) is 4.79 Å². The second-order valence-electron chi connectivity index (χ2n) is 8.87. The summed E-state index contributed by atoms with van der Waals surface area (Å²) in [6.45, 7) is 16.2. The van der Waals surface area contributed by atoms with Crippen LogP contribution >= 0.6 is 11.8 Å².